The summed E-state index contributed by atoms with van der Waals surface area (Å²) in [6, 6.07) is 14.4. The van der Waals surface area contributed by atoms with Crippen molar-refractivity contribution < 1.29 is 9.90 Å². The Balaban J connectivity index is 1.61. The van der Waals surface area contributed by atoms with Gasteiger partial charge in [0.15, 0.2) is 0 Å². The molecular formula is C21H24N2O2. The Kier molecular flexibility index (Phi) is 4.08. The minimum absolute atomic E-state index is 0.0587. The van der Waals surface area contributed by atoms with E-state index in [2.05, 4.69) is 17.1 Å². The highest BCUT2D eigenvalue weighted by molar-refractivity contribution is 5.95. The number of hydrogen-bond acceptors (Lipinski definition) is 3. The summed E-state index contributed by atoms with van der Waals surface area (Å²) in [6.07, 6.45) is 5.39. The van der Waals surface area contributed by atoms with Crippen molar-refractivity contribution in [2.24, 2.45) is 5.41 Å². The van der Waals surface area contributed by atoms with Gasteiger partial charge in [0.05, 0.1) is 12.2 Å². The van der Waals surface area contributed by atoms with Crippen molar-refractivity contribution in [3.05, 3.63) is 65.5 Å². The zero-order valence-electron chi connectivity index (χ0n) is 14.6. The summed E-state index contributed by atoms with van der Waals surface area (Å²) in [5, 5.41) is 10.3. The predicted octanol–water partition coefficient (Wildman–Crippen LogP) is 2.99. The molecule has 2 aromatic rings. The van der Waals surface area contributed by atoms with E-state index in [1.807, 2.05) is 42.2 Å². The maximum absolute atomic E-state index is 13.1. The summed E-state index contributed by atoms with van der Waals surface area (Å²) in [4.78, 5) is 19.4. The number of aryl methyl sites for hydroxylation is 1. The fourth-order valence-corrected chi connectivity index (χ4v) is 4.76. The molecule has 1 aromatic carbocycles. The molecule has 2 bridgehead atoms. The molecule has 4 nitrogen and oxygen atoms in total. The summed E-state index contributed by atoms with van der Waals surface area (Å²) in [5.74, 6) is 0.0587. The van der Waals surface area contributed by atoms with Gasteiger partial charge in [0, 0.05) is 29.4 Å². The molecule has 2 aliphatic heterocycles. The number of aliphatic hydroxyl groups excluding tert-OH is 1. The van der Waals surface area contributed by atoms with E-state index in [1.165, 1.54) is 5.56 Å². The molecule has 3 heterocycles. The highest BCUT2D eigenvalue weighted by atomic mass is 16.3. The average Bonchev–Trinajstić information content (AvgIpc) is 3.18. The molecule has 0 aliphatic carbocycles. The number of aromatic nitrogens is 1. The third-order valence-corrected chi connectivity index (χ3v) is 5.96. The van der Waals surface area contributed by atoms with Crippen molar-refractivity contribution in [3.8, 4) is 0 Å². The lowest BCUT2D eigenvalue weighted by molar-refractivity contribution is 0.0571. The van der Waals surface area contributed by atoms with E-state index in [0.717, 1.165) is 31.4 Å². The van der Waals surface area contributed by atoms with Gasteiger partial charge in [0.25, 0.3) is 5.91 Å². The highest BCUT2D eigenvalue weighted by Gasteiger charge is 2.57. The van der Waals surface area contributed by atoms with Crippen LogP contribution in [0.25, 0.3) is 0 Å². The van der Waals surface area contributed by atoms with Gasteiger partial charge in [-0.1, -0.05) is 30.3 Å². The Labute approximate surface area is 148 Å². The van der Waals surface area contributed by atoms with Crippen molar-refractivity contribution in [2.75, 3.05) is 6.61 Å². The smallest absolute Gasteiger partial charge is 0.255 e. The summed E-state index contributed by atoms with van der Waals surface area (Å²) >= 11 is 0. The maximum atomic E-state index is 13.1. The number of carbonyl (C=O) groups excluding carboxylic acids is 1. The fraction of sp³-hybridized carbons (Fsp3) is 0.429. The minimum atomic E-state index is -0.224. The Morgan fingerprint density at radius 2 is 2.04 bits per heavy atom. The van der Waals surface area contributed by atoms with E-state index in [-0.39, 0.29) is 30.0 Å². The minimum Gasteiger partial charge on any atom is -0.396 e. The number of rotatable bonds is 4. The predicted molar refractivity (Wildman–Crippen MR) is 96.2 cm³/mol. The molecule has 1 N–H and O–H groups in total. The van der Waals surface area contributed by atoms with Gasteiger partial charge < -0.3 is 10.0 Å². The molecule has 4 rings (SSSR count). The summed E-state index contributed by atoms with van der Waals surface area (Å²) in [7, 11) is 0. The van der Waals surface area contributed by atoms with Crippen LogP contribution in [0.2, 0.25) is 0 Å². The van der Waals surface area contributed by atoms with Crippen LogP contribution in [-0.2, 0) is 6.42 Å². The second-order valence-corrected chi connectivity index (χ2v) is 7.53. The molecule has 1 aromatic heterocycles. The molecule has 130 valence electrons. The van der Waals surface area contributed by atoms with Gasteiger partial charge in [-0.05, 0) is 50.3 Å². The number of aliphatic hydroxyl groups is 1. The molecule has 0 unspecified atom stereocenters. The lowest BCUT2D eigenvalue weighted by Gasteiger charge is -2.36. The summed E-state index contributed by atoms with van der Waals surface area (Å²) < 4.78 is 0. The van der Waals surface area contributed by atoms with Crippen LogP contribution in [0.1, 0.15) is 40.9 Å². The third-order valence-electron chi connectivity index (χ3n) is 5.96. The van der Waals surface area contributed by atoms with Gasteiger partial charge in [0.2, 0.25) is 0 Å². The number of benzene rings is 1. The highest BCUT2D eigenvalue weighted by Crippen LogP contribution is 2.51. The van der Waals surface area contributed by atoms with Crippen molar-refractivity contribution in [3.63, 3.8) is 0 Å². The fourth-order valence-electron chi connectivity index (χ4n) is 4.76. The van der Waals surface area contributed by atoms with E-state index < -0.39 is 0 Å². The normalized spacial score (nSPS) is 27.7. The van der Waals surface area contributed by atoms with Crippen LogP contribution in [0.4, 0.5) is 0 Å². The average molecular weight is 336 g/mol. The van der Waals surface area contributed by atoms with E-state index >= 15 is 0 Å². The molecule has 2 saturated heterocycles. The van der Waals surface area contributed by atoms with E-state index in [9.17, 15) is 9.90 Å². The van der Waals surface area contributed by atoms with Gasteiger partial charge in [0.1, 0.15) is 0 Å². The van der Waals surface area contributed by atoms with Gasteiger partial charge in [-0.3, -0.25) is 9.78 Å². The van der Waals surface area contributed by atoms with Gasteiger partial charge in [-0.2, -0.15) is 0 Å². The second kappa shape index (κ2) is 6.26. The van der Waals surface area contributed by atoms with Crippen molar-refractivity contribution in [1.29, 1.82) is 0 Å². The van der Waals surface area contributed by atoms with Gasteiger partial charge >= 0.3 is 0 Å². The molecule has 3 atom stereocenters. The van der Waals surface area contributed by atoms with Crippen LogP contribution >= 0.6 is 0 Å². The number of amides is 1. The van der Waals surface area contributed by atoms with Gasteiger partial charge in [-0.15, -0.1) is 0 Å². The Hall–Kier alpha value is -2.20. The zero-order chi connectivity index (χ0) is 17.4. The Morgan fingerprint density at radius 1 is 1.24 bits per heavy atom. The number of carbonyl (C=O) groups is 1. The third kappa shape index (κ3) is 2.74. The molecule has 0 radical (unpaired) electrons. The van der Waals surface area contributed by atoms with Crippen LogP contribution in [0.15, 0.2) is 48.7 Å². The van der Waals surface area contributed by atoms with Crippen LogP contribution in [0, 0.1) is 12.3 Å². The molecular weight excluding hydrogens is 312 g/mol. The molecule has 2 aliphatic rings. The van der Waals surface area contributed by atoms with Crippen LogP contribution in [0.5, 0.6) is 0 Å². The first kappa shape index (κ1) is 16.3. The lowest BCUT2D eigenvalue weighted by atomic mass is 9.70. The molecule has 25 heavy (non-hydrogen) atoms. The summed E-state index contributed by atoms with van der Waals surface area (Å²) in [5.41, 5.74) is 2.57. The SMILES string of the molecule is Cc1ccc(C(=O)N2[C@H]3CC[C@@H]2[C@@](CO)(Cc2ccccc2)C3)cn1. The second-order valence-electron chi connectivity index (χ2n) is 7.53. The first-order valence-electron chi connectivity index (χ1n) is 9.03. The zero-order valence-corrected chi connectivity index (χ0v) is 14.6. The summed E-state index contributed by atoms with van der Waals surface area (Å²) in [6.45, 7) is 2.05. The molecule has 0 saturated carbocycles. The monoisotopic (exact) mass is 336 g/mol. The lowest BCUT2D eigenvalue weighted by Crippen LogP contribution is -2.44. The topological polar surface area (TPSA) is 53.4 Å². The number of fused-ring (bicyclic) bond motifs is 2. The number of nitrogens with zero attached hydrogens (tertiary/aromatic N) is 2. The molecule has 2 fully saturated rings. The molecule has 0 spiro atoms. The van der Waals surface area contributed by atoms with Crippen molar-refractivity contribution in [1.82, 2.24) is 9.88 Å². The van der Waals surface area contributed by atoms with E-state index in [0.29, 0.717) is 5.56 Å². The van der Waals surface area contributed by atoms with E-state index in [1.54, 1.807) is 6.20 Å². The first-order valence-corrected chi connectivity index (χ1v) is 9.03. The number of pyridine rings is 1. The standard InChI is InChI=1S/C21H24N2O2/c1-15-7-8-17(13-22-15)20(25)23-18-9-10-19(23)21(12-18,14-24)11-16-5-3-2-4-6-16/h2-8,13,18-19,24H,9-12,14H2,1H3/t18-,19+,21-/m0/s1. The van der Waals surface area contributed by atoms with Crippen LogP contribution < -0.4 is 0 Å². The quantitative estimate of drug-likeness (QED) is 0.934. The van der Waals surface area contributed by atoms with Crippen LogP contribution in [0.3, 0.4) is 0 Å². The van der Waals surface area contributed by atoms with Crippen molar-refractivity contribution >= 4 is 5.91 Å². The Bertz CT molecular complexity index is 759. The maximum Gasteiger partial charge on any atom is 0.255 e. The van der Waals surface area contributed by atoms with Crippen LogP contribution in [-0.4, -0.2) is 39.6 Å². The van der Waals surface area contributed by atoms with Gasteiger partial charge in [-0.25, -0.2) is 0 Å². The first-order chi connectivity index (χ1) is 12.1. The number of hydrogen-bond donors (Lipinski definition) is 1. The van der Waals surface area contributed by atoms with E-state index in [4.69, 9.17) is 0 Å². The largest absolute Gasteiger partial charge is 0.396 e. The van der Waals surface area contributed by atoms with Crippen molar-refractivity contribution in [2.45, 2.75) is 44.7 Å². The molecule has 4 heteroatoms. The molecule has 1 amide bonds. The Morgan fingerprint density at radius 3 is 2.72 bits per heavy atom.